The lowest BCUT2D eigenvalue weighted by atomic mass is 9.33. The lowest BCUT2D eigenvalue weighted by Gasteiger charge is -2.71. The summed E-state index contributed by atoms with van der Waals surface area (Å²) in [5.74, 6) is 1.49. The molecule has 0 amide bonds. The predicted molar refractivity (Wildman–Crippen MR) is 182 cm³/mol. The highest BCUT2D eigenvalue weighted by Gasteiger charge is 2.69. The van der Waals surface area contributed by atoms with Crippen LogP contribution < -0.4 is 0 Å². The molecular formula is C40H57ClO5. The van der Waals surface area contributed by atoms with Crippen molar-refractivity contribution < 1.29 is 23.8 Å². The molecule has 46 heavy (non-hydrogen) atoms. The van der Waals surface area contributed by atoms with Crippen molar-refractivity contribution in [1.29, 1.82) is 0 Å². The van der Waals surface area contributed by atoms with Gasteiger partial charge in [0.25, 0.3) is 0 Å². The van der Waals surface area contributed by atoms with Crippen molar-refractivity contribution >= 4 is 23.7 Å². The summed E-state index contributed by atoms with van der Waals surface area (Å²) in [5.41, 5.74) is 2.51. The van der Waals surface area contributed by atoms with Crippen molar-refractivity contribution in [1.82, 2.24) is 0 Å². The average molecular weight is 653 g/mol. The topological polar surface area (TPSA) is 61.8 Å². The molecule has 4 fully saturated rings. The van der Waals surface area contributed by atoms with E-state index in [1.54, 1.807) is 5.57 Å². The van der Waals surface area contributed by atoms with Gasteiger partial charge in [-0.3, -0.25) is 4.79 Å². The van der Waals surface area contributed by atoms with Gasteiger partial charge in [0.2, 0.25) is 0 Å². The van der Waals surface area contributed by atoms with Crippen LogP contribution in [0.25, 0.3) is 0 Å². The summed E-state index contributed by atoms with van der Waals surface area (Å²) < 4.78 is 17.4. The van der Waals surface area contributed by atoms with E-state index in [2.05, 4.69) is 54.5 Å². The zero-order valence-electron chi connectivity index (χ0n) is 29.4. The Labute approximate surface area is 282 Å². The summed E-state index contributed by atoms with van der Waals surface area (Å²) in [6, 6.07) is 10.1. The van der Waals surface area contributed by atoms with Crippen LogP contribution in [0.1, 0.15) is 118 Å². The minimum atomic E-state index is -0.593. The van der Waals surface area contributed by atoms with Crippen molar-refractivity contribution in [2.45, 2.75) is 125 Å². The highest BCUT2D eigenvalue weighted by atomic mass is 35.5. The van der Waals surface area contributed by atoms with E-state index in [1.807, 2.05) is 30.3 Å². The SMILES string of the molecule is CC1(C)CC[C@]2(C(=O)OCc3ccccc3)CC[C@]3(C)C(=CC[C@@H]4[C@@]5(C)CC[C@H](OC(=O)OCCCl)C(C)(C)[C@@H]5CC[C@]43C)[C@@H]2C1. The zero-order chi connectivity index (χ0) is 33.2. The molecule has 5 aliphatic carbocycles. The van der Waals surface area contributed by atoms with Gasteiger partial charge < -0.3 is 14.2 Å². The van der Waals surface area contributed by atoms with Gasteiger partial charge in [-0.2, -0.15) is 0 Å². The second-order valence-corrected chi connectivity index (χ2v) is 18.1. The van der Waals surface area contributed by atoms with Crippen molar-refractivity contribution in [3.05, 3.63) is 47.5 Å². The van der Waals surface area contributed by atoms with Gasteiger partial charge in [-0.1, -0.05) is 90.4 Å². The van der Waals surface area contributed by atoms with Crippen molar-refractivity contribution in [3.8, 4) is 0 Å². The Hall–Kier alpha value is -2.01. The van der Waals surface area contributed by atoms with E-state index in [0.717, 1.165) is 69.8 Å². The number of rotatable bonds is 6. The molecular weight excluding hydrogens is 596 g/mol. The number of fused-ring (bicyclic) bond motifs is 7. The first-order valence-electron chi connectivity index (χ1n) is 17.9. The lowest BCUT2D eigenvalue weighted by Crippen LogP contribution is -2.65. The molecule has 254 valence electrons. The average Bonchev–Trinajstić information content (AvgIpc) is 3.01. The van der Waals surface area contributed by atoms with Crippen LogP contribution in [0.2, 0.25) is 0 Å². The van der Waals surface area contributed by atoms with E-state index < -0.39 is 11.6 Å². The number of hydrogen-bond acceptors (Lipinski definition) is 5. The molecule has 0 saturated heterocycles. The van der Waals surface area contributed by atoms with Gasteiger partial charge in [0, 0.05) is 5.41 Å². The van der Waals surface area contributed by atoms with Crippen LogP contribution in [0.5, 0.6) is 0 Å². The van der Waals surface area contributed by atoms with Gasteiger partial charge in [-0.25, -0.2) is 4.79 Å². The fourth-order valence-corrected chi connectivity index (χ4v) is 12.0. The summed E-state index contributed by atoms with van der Waals surface area (Å²) in [6.45, 7) is 17.6. The monoisotopic (exact) mass is 652 g/mol. The molecule has 5 nitrogen and oxygen atoms in total. The molecule has 1 aromatic rings. The fraction of sp³-hybridized carbons (Fsp3) is 0.750. The third-order valence-corrected chi connectivity index (χ3v) is 14.9. The Morgan fingerprint density at radius 1 is 0.848 bits per heavy atom. The van der Waals surface area contributed by atoms with Crippen molar-refractivity contribution in [2.75, 3.05) is 12.5 Å². The number of alkyl halides is 1. The molecule has 0 bridgehead atoms. The number of carbonyl (C=O) groups excluding carboxylic acids is 2. The number of ether oxygens (including phenoxy) is 3. The van der Waals surface area contributed by atoms with E-state index in [9.17, 15) is 9.59 Å². The Balaban J connectivity index is 1.30. The zero-order valence-corrected chi connectivity index (χ0v) is 30.1. The molecule has 0 unspecified atom stereocenters. The maximum Gasteiger partial charge on any atom is 0.508 e. The van der Waals surface area contributed by atoms with Crippen molar-refractivity contribution in [2.24, 2.45) is 50.2 Å². The van der Waals surface area contributed by atoms with Crippen LogP contribution in [0.3, 0.4) is 0 Å². The first-order valence-corrected chi connectivity index (χ1v) is 18.5. The molecule has 0 spiro atoms. The van der Waals surface area contributed by atoms with Crippen LogP contribution in [0.4, 0.5) is 4.79 Å². The molecule has 0 heterocycles. The molecule has 6 heteroatoms. The van der Waals surface area contributed by atoms with Gasteiger partial charge >= 0.3 is 12.1 Å². The molecule has 0 N–H and O–H groups in total. The molecule has 0 radical (unpaired) electrons. The van der Waals surface area contributed by atoms with E-state index in [-0.39, 0.29) is 57.6 Å². The Bertz CT molecular complexity index is 1350. The van der Waals surface area contributed by atoms with Crippen LogP contribution in [-0.4, -0.2) is 30.7 Å². The van der Waals surface area contributed by atoms with Gasteiger partial charge in [0.05, 0.1) is 11.3 Å². The first kappa shape index (κ1) is 33.9. The fourth-order valence-electron chi connectivity index (χ4n) is 11.9. The van der Waals surface area contributed by atoms with Gasteiger partial charge in [-0.05, 0) is 109 Å². The standard InChI is InChI=1S/C40H57ClO5/c1-35(2)19-21-40(33(42)45-26-27-11-9-8-10-12-27)22-20-38(6)28(29(40)25-35)13-14-31-37(5)17-16-32(46-34(43)44-24-23-41)36(3,4)30(37)15-18-39(31,38)7/h8-13,29-32H,14-26H2,1-7H3/t29-,30-,31+,32-,37-,38+,39+,40-/m0/s1. The number of hydrogen-bond donors (Lipinski definition) is 0. The smallest absolute Gasteiger partial charge is 0.460 e. The van der Waals surface area contributed by atoms with Crippen LogP contribution in [0, 0.1) is 50.2 Å². The summed E-state index contributed by atoms with van der Waals surface area (Å²) in [4.78, 5) is 26.7. The lowest BCUT2D eigenvalue weighted by molar-refractivity contribution is -0.208. The molecule has 0 aliphatic heterocycles. The van der Waals surface area contributed by atoms with E-state index in [1.165, 1.54) is 0 Å². The van der Waals surface area contributed by atoms with E-state index in [4.69, 9.17) is 25.8 Å². The van der Waals surface area contributed by atoms with Crippen LogP contribution in [0.15, 0.2) is 42.0 Å². The summed E-state index contributed by atoms with van der Waals surface area (Å²) in [6.07, 6.45) is 12.0. The van der Waals surface area contributed by atoms with Gasteiger partial charge in [0.1, 0.15) is 19.3 Å². The van der Waals surface area contributed by atoms with E-state index in [0.29, 0.717) is 18.4 Å². The van der Waals surface area contributed by atoms with Crippen molar-refractivity contribution in [3.63, 3.8) is 0 Å². The first-order chi connectivity index (χ1) is 21.6. The largest absolute Gasteiger partial charge is 0.508 e. The molecule has 6 rings (SSSR count). The number of esters is 1. The van der Waals surface area contributed by atoms with Crippen LogP contribution >= 0.6 is 11.6 Å². The molecule has 0 aromatic heterocycles. The highest BCUT2D eigenvalue weighted by Crippen LogP contribution is 2.76. The number of allylic oxidation sites excluding steroid dienone is 2. The molecule has 4 saturated carbocycles. The predicted octanol–water partition coefficient (Wildman–Crippen LogP) is 10.3. The Morgan fingerprint density at radius 2 is 1.57 bits per heavy atom. The summed E-state index contributed by atoms with van der Waals surface area (Å²) >= 11 is 5.74. The quantitative estimate of drug-likeness (QED) is 0.174. The van der Waals surface area contributed by atoms with E-state index >= 15 is 0 Å². The minimum Gasteiger partial charge on any atom is -0.460 e. The maximum atomic E-state index is 14.3. The number of halogens is 1. The summed E-state index contributed by atoms with van der Waals surface area (Å²) in [5, 5.41) is 0. The number of carbonyl (C=O) groups is 2. The molecule has 8 atom stereocenters. The van der Waals surface area contributed by atoms with Gasteiger partial charge in [0.15, 0.2) is 0 Å². The second kappa shape index (κ2) is 11.8. The third-order valence-electron chi connectivity index (χ3n) is 14.7. The molecule has 5 aliphatic rings. The second-order valence-electron chi connectivity index (χ2n) is 17.7. The highest BCUT2D eigenvalue weighted by molar-refractivity contribution is 6.18. The van der Waals surface area contributed by atoms with Gasteiger partial charge in [-0.15, -0.1) is 11.6 Å². The number of benzene rings is 1. The normalized spacial score (nSPS) is 40.6. The summed E-state index contributed by atoms with van der Waals surface area (Å²) in [7, 11) is 0. The Kier molecular flexibility index (Phi) is 8.72. The minimum absolute atomic E-state index is 0.0207. The Morgan fingerprint density at radius 3 is 2.28 bits per heavy atom. The third kappa shape index (κ3) is 5.24. The van der Waals surface area contributed by atoms with Crippen LogP contribution in [-0.2, 0) is 25.6 Å². The maximum absolute atomic E-state index is 14.3. The molecule has 1 aromatic carbocycles.